The number of aliphatic hydroxyl groups is 2. The molecule has 1 unspecified atom stereocenters. The summed E-state index contributed by atoms with van der Waals surface area (Å²) in [5.74, 6) is 0.547. The molecule has 2 saturated carbocycles. The summed E-state index contributed by atoms with van der Waals surface area (Å²) >= 11 is 0. The number of hydrogen-bond donors (Lipinski definition) is 3. The summed E-state index contributed by atoms with van der Waals surface area (Å²) < 4.78 is 13.4. The minimum Gasteiger partial charge on any atom is -0.655 e. The zero-order valence-corrected chi connectivity index (χ0v) is 20.4. The van der Waals surface area contributed by atoms with Gasteiger partial charge < -0.3 is 15.5 Å². The Morgan fingerprint density at radius 3 is 2.45 bits per heavy atom. The van der Waals surface area contributed by atoms with E-state index in [1.165, 1.54) is 49.7 Å². The number of fused-ring (bicyclic) bond motifs is 1. The Balaban J connectivity index is 0.000000219. The molecule has 0 saturated heterocycles. The third kappa shape index (κ3) is 7.62. The van der Waals surface area contributed by atoms with Gasteiger partial charge >= 0.3 is 0 Å². The molecule has 3 aliphatic rings. The Morgan fingerprint density at radius 2 is 1.76 bits per heavy atom. The van der Waals surface area contributed by atoms with E-state index < -0.39 is 5.60 Å². The van der Waals surface area contributed by atoms with Gasteiger partial charge in [0.25, 0.3) is 0 Å². The Kier molecular flexibility index (Phi) is 11.2. The molecule has 161 valence electrons. The van der Waals surface area contributed by atoms with Gasteiger partial charge in [0.1, 0.15) is 5.82 Å². The minimum atomic E-state index is -0.541. The Hall–Kier alpha value is 0.0939. The van der Waals surface area contributed by atoms with Crippen molar-refractivity contribution in [1.82, 2.24) is 5.32 Å². The number of aliphatic hydroxyl groups excluding tert-OH is 1. The molecule has 0 aromatic heterocycles. The van der Waals surface area contributed by atoms with E-state index in [1.54, 1.807) is 12.1 Å². The third-order valence-corrected chi connectivity index (χ3v) is 6.58. The number of nitrogens with zero attached hydrogens (tertiary/aromatic N) is 1. The van der Waals surface area contributed by atoms with Crippen molar-refractivity contribution >= 4 is 0 Å². The Bertz CT molecular complexity index is 605. The number of hydrogen-bond acceptors (Lipinski definition) is 3. The van der Waals surface area contributed by atoms with Crippen LogP contribution in [0.1, 0.15) is 81.4 Å². The van der Waals surface area contributed by atoms with Crippen LogP contribution in [0.25, 0.3) is 5.32 Å². The molecule has 1 aromatic carbocycles. The average Bonchev–Trinajstić information content (AvgIpc) is 2.73. The largest absolute Gasteiger partial charge is 0.655 e. The summed E-state index contributed by atoms with van der Waals surface area (Å²) in [4.78, 5) is 0. The first-order chi connectivity index (χ1) is 13.6. The molecular weight excluding hydrogens is 444 g/mol. The van der Waals surface area contributed by atoms with Gasteiger partial charge in [0.2, 0.25) is 0 Å². The van der Waals surface area contributed by atoms with E-state index in [-0.39, 0.29) is 51.3 Å². The van der Waals surface area contributed by atoms with Crippen molar-refractivity contribution in [1.29, 1.82) is 0 Å². The van der Waals surface area contributed by atoms with Crippen LogP contribution in [0.5, 0.6) is 0 Å². The summed E-state index contributed by atoms with van der Waals surface area (Å²) in [6.07, 6.45) is 12.7. The molecule has 6 heteroatoms. The number of halogens is 1. The second kappa shape index (κ2) is 12.8. The van der Waals surface area contributed by atoms with Crippen LogP contribution >= 0.6 is 0 Å². The van der Waals surface area contributed by atoms with Gasteiger partial charge in [0.15, 0.2) is 0 Å². The molecule has 0 amide bonds. The molecule has 0 spiro atoms. The van der Waals surface area contributed by atoms with E-state index in [1.807, 2.05) is 6.07 Å². The van der Waals surface area contributed by atoms with Crippen LogP contribution in [0.15, 0.2) is 18.2 Å². The molecule has 4 rings (SSSR count). The molecule has 3 N–H and O–H groups in total. The molecule has 2 aliphatic carbocycles. The van der Waals surface area contributed by atoms with Gasteiger partial charge in [-0.15, -0.1) is 12.6 Å². The fourth-order valence-electron chi connectivity index (χ4n) is 5.02. The summed E-state index contributed by atoms with van der Waals surface area (Å²) in [6.45, 7) is 1.41. The maximum atomic E-state index is 13.4. The van der Waals surface area contributed by atoms with Crippen LogP contribution in [0.3, 0.4) is 0 Å². The molecule has 1 radical (unpaired) electrons. The van der Waals surface area contributed by atoms with Gasteiger partial charge in [-0.1, -0.05) is 68.9 Å². The molecule has 29 heavy (non-hydrogen) atoms. The fourth-order valence-corrected chi connectivity index (χ4v) is 5.02. The smallest absolute Gasteiger partial charge is 0.123 e. The van der Waals surface area contributed by atoms with Crippen molar-refractivity contribution in [2.75, 3.05) is 19.8 Å². The van der Waals surface area contributed by atoms with Crippen LogP contribution in [-0.2, 0) is 39.1 Å². The first kappa shape index (κ1) is 25.4. The first-order valence-electron chi connectivity index (χ1n) is 11.1. The number of benzene rings is 1. The van der Waals surface area contributed by atoms with E-state index in [2.05, 4.69) is 5.32 Å². The van der Waals surface area contributed by atoms with Crippen molar-refractivity contribution in [3.05, 3.63) is 40.5 Å². The Morgan fingerprint density at radius 1 is 1.07 bits per heavy atom. The van der Waals surface area contributed by atoms with Gasteiger partial charge in [0.05, 0.1) is 12.3 Å². The van der Waals surface area contributed by atoms with E-state index in [9.17, 15) is 9.50 Å². The van der Waals surface area contributed by atoms with E-state index >= 15 is 0 Å². The predicted molar refractivity (Wildman–Crippen MR) is 111 cm³/mol. The SMILES string of the molecule is Fc1ccc2c(c1)C(C1CCCCC1)[N-]CC2.OCNCC1(O)CCCCC1.[Y]. The van der Waals surface area contributed by atoms with Gasteiger partial charge in [-0.3, -0.25) is 5.32 Å². The zero-order chi connectivity index (χ0) is 19.8. The maximum Gasteiger partial charge on any atom is 0.123 e. The second-order valence-electron chi connectivity index (χ2n) is 8.71. The van der Waals surface area contributed by atoms with Gasteiger partial charge in [-0.25, -0.2) is 4.39 Å². The normalized spacial score (nSPS) is 23.9. The van der Waals surface area contributed by atoms with Crippen LogP contribution in [0.2, 0.25) is 0 Å². The van der Waals surface area contributed by atoms with Crippen LogP contribution in [-0.4, -0.2) is 35.6 Å². The van der Waals surface area contributed by atoms with Crippen molar-refractivity contribution < 1.29 is 47.3 Å². The topological polar surface area (TPSA) is 66.6 Å². The van der Waals surface area contributed by atoms with E-state index in [0.29, 0.717) is 12.5 Å². The molecule has 1 atom stereocenters. The summed E-state index contributed by atoms with van der Waals surface area (Å²) in [5, 5.41) is 25.9. The molecule has 1 heterocycles. The maximum absolute atomic E-state index is 13.4. The summed E-state index contributed by atoms with van der Waals surface area (Å²) in [7, 11) is 0. The van der Waals surface area contributed by atoms with Gasteiger partial charge in [0, 0.05) is 39.3 Å². The van der Waals surface area contributed by atoms with Crippen molar-refractivity contribution in [2.24, 2.45) is 5.92 Å². The van der Waals surface area contributed by atoms with Crippen LogP contribution in [0.4, 0.5) is 4.39 Å². The standard InChI is InChI=1S/C15H19FN.C8H17NO2.Y/c16-13-7-6-11-8-9-17-15(14(11)10-13)12-4-2-1-3-5-12;10-7-9-6-8(11)4-2-1-3-5-8;/h6-7,10,12,15H,1-5,8-9H2;9-11H,1-7H2;/q-1;;. The van der Waals surface area contributed by atoms with Crippen LogP contribution in [0, 0.1) is 11.7 Å². The predicted octanol–water partition coefficient (Wildman–Crippen LogP) is 4.60. The zero-order valence-electron chi connectivity index (χ0n) is 17.6. The van der Waals surface area contributed by atoms with E-state index in [4.69, 9.17) is 10.4 Å². The molecular formula is C23H36FN2O2Y-. The van der Waals surface area contributed by atoms with Gasteiger partial charge in [-0.05, 0) is 37.0 Å². The second-order valence-corrected chi connectivity index (χ2v) is 8.71. The first-order valence-corrected chi connectivity index (χ1v) is 11.1. The number of nitrogens with one attached hydrogen (secondary N) is 1. The Labute approximate surface area is 200 Å². The quantitative estimate of drug-likeness (QED) is 0.552. The summed E-state index contributed by atoms with van der Waals surface area (Å²) in [6, 6.07) is 5.53. The fraction of sp³-hybridized carbons (Fsp3) is 0.739. The van der Waals surface area contributed by atoms with Crippen molar-refractivity contribution in [3.63, 3.8) is 0 Å². The monoisotopic (exact) mass is 480 g/mol. The van der Waals surface area contributed by atoms with Crippen molar-refractivity contribution in [3.8, 4) is 0 Å². The van der Waals surface area contributed by atoms with Gasteiger partial charge in [-0.2, -0.15) is 0 Å². The minimum absolute atomic E-state index is 0. The number of rotatable bonds is 4. The van der Waals surface area contributed by atoms with E-state index in [0.717, 1.165) is 38.6 Å². The molecule has 0 bridgehead atoms. The molecule has 4 nitrogen and oxygen atoms in total. The molecule has 2 fully saturated rings. The average molecular weight is 480 g/mol. The van der Waals surface area contributed by atoms with Crippen LogP contribution < -0.4 is 5.32 Å². The molecule has 1 aromatic rings. The third-order valence-electron chi connectivity index (χ3n) is 6.58. The molecule has 1 aliphatic heterocycles. The summed E-state index contributed by atoms with van der Waals surface area (Å²) in [5.41, 5.74) is 1.95. The van der Waals surface area contributed by atoms with Crippen molar-refractivity contribution in [2.45, 2.75) is 82.3 Å².